The Hall–Kier alpha value is -2.02. The van der Waals surface area contributed by atoms with Crippen LogP contribution in [0.15, 0.2) is 6.33 Å². The average molecular weight is 316 g/mol. The van der Waals surface area contributed by atoms with Gasteiger partial charge in [0, 0.05) is 11.3 Å². The van der Waals surface area contributed by atoms with E-state index in [0.717, 1.165) is 22.3 Å². The van der Waals surface area contributed by atoms with Gasteiger partial charge in [-0.15, -0.1) is 16.4 Å². The lowest BCUT2D eigenvalue weighted by Crippen LogP contribution is -2.04. The molecule has 3 aromatic rings. The molecule has 0 amide bonds. The highest BCUT2D eigenvalue weighted by Crippen LogP contribution is 2.42. The third kappa shape index (κ3) is 2.08. The highest BCUT2D eigenvalue weighted by atomic mass is 32.1. The Labute approximate surface area is 130 Å². The quantitative estimate of drug-likeness (QED) is 0.803. The number of carboxylic acids is 1. The summed E-state index contributed by atoms with van der Waals surface area (Å²) >= 11 is 1.76. The van der Waals surface area contributed by atoms with Crippen molar-refractivity contribution in [2.75, 3.05) is 0 Å². The summed E-state index contributed by atoms with van der Waals surface area (Å²) in [5.41, 5.74) is 2.19. The minimum Gasteiger partial charge on any atom is -0.481 e. The molecule has 0 bridgehead atoms. The highest BCUT2D eigenvalue weighted by molar-refractivity contribution is 7.19. The topological polar surface area (TPSA) is 80.4 Å². The Bertz CT molecular complexity index is 883. The lowest BCUT2D eigenvalue weighted by Gasteiger charge is -2.18. The third-order valence-corrected chi connectivity index (χ3v) is 5.46. The van der Waals surface area contributed by atoms with Crippen LogP contribution in [0.1, 0.15) is 48.4 Å². The summed E-state index contributed by atoms with van der Waals surface area (Å²) in [6.07, 6.45) is 5.62. The lowest BCUT2D eigenvalue weighted by atomic mass is 9.87. The minimum absolute atomic E-state index is 0.0472. The molecule has 0 saturated carbocycles. The molecule has 1 aliphatic carbocycles. The maximum absolute atomic E-state index is 10.7. The molecule has 6 nitrogen and oxygen atoms in total. The van der Waals surface area contributed by atoms with Crippen LogP contribution in [0.2, 0.25) is 0 Å². The number of carboxylic acid groups (broad SMARTS) is 1. The van der Waals surface area contributed by atoms with E-state index in [1.54, 1.807) is 22.2 Å². The number of aryl methyl sites for hydroxylation is 2. The molecule has 1 N–H and O–H groups in total. The zero-order valence-electron chi connectivity index (χ0n) is 12.2. The van der Waals surface area contributed by atoms with Crippen molar-refractivity contribution in [2.24, 2.45) is 0 Å². The van der Waals surface area contributed by atoms with Gasteiger partial charge in [-0.25, -0.2) is 14.5 Å². The number of carbonyl (C=O) groups is 1. The molecule has 0 spiro atoms. The van der Waals surface area contributed by atoms with Gasteiger partial charge in [0.05, 0.1) is 11.8 Å². The Morgan fingerprint density at radius 2 is 2.41 bits per heavy atom. The van der Waals surface area contributed by atoms with Crippen LogP contribution in [0, 0.1) is 0 Å². The molecule has 4 rings (SSSR count). The predicted molar refractivity (Wildman–Crippen MR) is 83.5 cm³/mol. The largest absolute Gasteiger partial charge is 0.481 e. The first-order chi connectivity index (χ1) is 10.6. The van der Waals surface area contributed by atoms with Crippen LogP contribution < -0.4 is 0 Å². The summed E-state index contributed by atoms with van der Waals surface area (Å²) < 4.78 is 1.69. The van der Waals surface area contributed by atoms with Gasteiger partial charge in [-0.3, -0.25) is 4.79 Å². The number of thiophene rings is 1. The first kappa shape index (κ1) is 13.6. The summed E-state index contributed by atoms with van der Waals surface area (Å²) in [7, 11) is 0. The van der Waals surface area contributed by atoms with Crippen LogP contribution in [0.3, 0.4) is 0 Å². The fourth-order valence-electron chi connectivity index (χ4n) is 3.25. The normalized spacial score (nSPS) is 18.0. The standard InChI is InChI=1S/C15H16N4O2S/c1-8-3-2-4-9-12(8)13-14-17-10(5-6-11(20)21)18-19(14)7-16-15(13)22-9/h7-8H,2-6H2,1H3,(H,20,21)/t8-/m1/s1. The first-order valence-electron chi connectivity index (χ1n) is 7.51. The summed E-state index contributed by atoms with van der Waals surface area (Å²) in [4.78, 5) is 22.3. The van der Waals surface area contributed by atoms with E-state index in [1.165, 1.54) is 23.3 Å². The molecule has 22 heavy (non-hydrogen) atoms. The molecule has 7 heteroatoms. The van der Waals surface area contributed by atoms with E-state index < -0.39 is 5.97 Å². The fraction of sp³-hybridized carbons (Fsp3) is 0.467. The van der Waals surface area contributed by atoms with Gasteiger partial charge >= 0.3 is 5.97 Å². The Kier molecular flexibility index (Phi) is 3.11. The van der Waals surface area contributed by atoms with Crippen LogP contribution in [0.5, 0.6) is 0 Å². The Balaban J connectivity index is 1.90. The predicted octanol–water partition coefficient (Wildman–Crippen LogP) is 2.80. The van der Waals surface area contributed by atoms with E-state index in [1.807, 2.05) is 0 Å². The number of hydrogen-bond donors (Lipinski definition) is 1. The van der Waals surface area contributed by atoms with E-state index >= 15 is 0 Å². The van der Waals surface area contributed by atoms with Crippen LogP contribution in [0.25, 0.3) is 15.9 Å². The monoisotopic (exact) mass is 316 g/mol. The van der Waals surface area contributed by atoms with Gasteiger partial charge < -0.3 is 5.11 Å². The Morgan fingerprint density at radius 3 is 3.23 bits per heavy atom. The molecule has 0 saturated heterocycles. The molecule has 1 atom stereocenters. The molecule has 3 aromatic heterocycles. The molecule has 0 aliphatic heterocycles. The van der Waals surface area contributed by atoms with Crippen LogP contribution >= 0.6 is 11.3 Å². The zero-order chi connectivity index (χ0) is 15.3. The summed E-state index contributed by atoms with van der Waals surface area (Å²) in [5.74, 6) is 0.258. The zero-order valence-corrected chi connectivity index (χ0v) is 13.1. The molecule has 114 valence electrons. The number of aromatic nitrogens is 4. The first-order valence-corrected chi connectivity index (χ1v) is 8.32. The van der Waals surface area contributed by atoms with Gasteiger partial charge in [0.15, 0.2) is 11.5 Å². The van der Waals surface area contributed by atoms with E-state index in [2.05, 4.69) is 22.0 Å². The number of fused-ring (bicyclic) bond motifs is 5. The van der Waals surface area contributed by atoms with E-state index in [4.69, 9.17) is 5.11 Å². The van der Waals surface area contributed by atoms with Crippen molar-refractivity contribution in [1.29, 1.82) is 0 Å². The minimum atomic E-state index is -0.830. The van der Waals surface area contributed by atoms with Gasteiger partial charge in [0.25, 0.3) is 0 Å². The lowest BCUT2D eigenvalue weighted by molar-refractivity contribution is -0.137. The van der Waals surface area contributed by atoms with E-state index in [0.29, 0.717) is 18.2 Å². The summed E-state index contributed by atoms with van der Waals surface area (Å²) in [6, 6.07) is 0. The van der Waals surface area contributed by atoms with Gasteiger partial charge in [-0.2, -0.15) is 0 Å². The van der Waals surface area contributed by atoms with Crippen molar-refractivity contribution in [3.8, 4) is 0 Å². The highest BCUT2D eigenvalue weighted by Gasteiger charge is 2.25. The van der Waals surface area contributed by atoms with E-state index in [9.17, 15) is 4.79 Å². The second-order valence-electron chi connectivity index (χ2n) is 5.85. The average Bonchev–Trinajstić information content (AvgIpc) is 3.05. The van der Waals surface area contributed by atoms with Crippen LogP contribution in [-0.4, -0.2) is 30.7 Å². The van der Waals surface area contributed by atoms with Crippen molar-refractivity contribution < 1.29 is 9.90 Å². The molecular formula is C15H16N4O2S. The summed E-state index contributed by atoms with van der Waals surface area (Å²) in [5, 5.41) is 14.3. The van der Waals surface area contributed by atoms with E-state index in [-0.39, 0.29) is 6.42 Å². The van der Waals surface area contributed by atoms with Crippen molar-refractivity contribution in [3.63, 3.8) is 0 Å². The third-order valence-electron chi connectivity index (χ3n) is 4.28. The maximum atomic E-state index is 10.7. The molecule has 3 heterocycles. The molecule has 0 radical (unpaired) electrons. The van der Waals surface area contributed by atoms with Crippen molar-refractivity contribution >= 4 is 33.2 Å². The van der Waals surface area contributed by atoms with Gasteiger partial charge in [-0.1, -0.05) is 6.92 Å². The second-order valence-corrected chi connectivity index (χ2v) is 6.93. The number of nitrogens with zero attached hydrogens (tertiary/aromatic N) is 4. The summed E-state index contributed by atoms with van der Waals surface area (Å²) in [6.45, 7) is 2.26. The molecule has 0 unspecified atom stereocenters. The van der Waals surface area contributed by atoms with Gasteiger partial charge in [0.2, 0.25) is 0 Å². The fourth-order valence-corrected chi connectivity index (χ4v) is 4.55. The SMILES string of the molecule is C[C@@H]1CCCc2sc3ncn4nc(CCC(=O)O)nc4c3c21. The van der Waals surface area contributed by atoms with Crippen molar-refractivity contribution in [2.45, 2.75) is 44.9 Å². The molecular weight excluding hydrogens is 300 g/mol. The van der Waals surface area contributed by atoms with Gasteiger partial charge in [0.1, 0.15) is 11.2 Å². The number of aliphatic carboxylic acids is 1. The molecule has 1 aliphatic rings. The smallest absolute Gasteiger partial charge is 0.303 e. The Morgan fingerprint density at radius 1 is 1.55 bits per heavy atom. The van der Waals surface area contributed by atoms with Crippen molar-refractivity contribution in [3.05, 3.63) is 22.6 Å². The van der Waals surface area contributed by atoms with Gasteiger partial charge in [-0.05, 0) is 30.7 Å². The molecule has 0 fully saturated rings. The second kappa shape index (κ2) is 5.01. The molecule has 0 aromatic carbocycles. The maximum Gasteiger partial charge on any atom is 0.303 e. The van der Waals surface area contributed by atoms with Crippen LogP contribution in [-0.2, 0) is 17.6 Å². The number of rotatable bonds is 3. The van der Waals surface area contributed by atoms with Crippen molar-refractivity contribution in [1.82, 2.24) is 19.6 Å². The number of hydrogen-bond acceptors (Lipinski definition) is 5. The van der Waals surface area contributed by atoms with Crippen LogP contribution in [0.4, 0.5) is 0 Å².